The van der Waals surface area contributed by atoms with Crippen LogP contribution in [0.15, 0.2) is 0 Å². The zero-order chi connectivity index (χ0) is 16.4. The second-order valence-corrected chi connectivity index (χ2v) is 6.57. The lowest BCUT2D eigenvalue weighted by Crippen LogP contribution is -2.30. The average Bonchev–Trinajstić information content (AvgIpc) is 2.83. The van der Waals surface area contributed by atoms with E-state index in [1.807, 2.05) is 6.92 Å². The molecule has 0 spiro atoms. The van der Waals surface area contributed by atoms with E-state index < -0.39 is 0 Å². The van der Waals surface area contributed by atoms with Gasteiger partial charge in [-0.15, -0.1) is 0 Å². The van der Waals surface area contributed by atoms with Gasteiger partial charge in [0.1, 0.15) is 12.4 Å². The van der Waals surface area contributed by atoms with Crippen molar-refractivity contribution in [3.63, 3.8) is 0 Å². The van der Waals surface area contributed by atoms with Gasteiger partial charge in [0.2, 0.25) is 5.91 Å². The molecule has 0 aromatic carbocycles. The summed E-state index contributed by atoms with van der Waals surface area (Å²) in [6.07, 6.45) is 6.68. The van der Waals surface area contributed by atoms with E-state index in [0.717, 1.165) is 11.3 Å². The first-order valence-electron chi connectivity index (χ1n) is 8.63. The van der Waals surface area contributed by atoms with Gasteiger partial charge in [-0.25, -0.2) is 4.68 Å². The summed E-state index contributed by atoms with van der Waals surface area (Å²) in [6, 6.07) is 0. The summed E-state index contributed by atoms with van der Waals surface area (Å²) in [7, 11) is 0. The van der Waals surface area contributed by atoms with Gasteiger partial charge in [-0.05, 0) is 32.6 Å². The van der Waals surface area contributed by atoms with Crippen LogP contribution in [0.2, 0.25) is 0 Å². The van der Waals surface area contributed by atoms with Crippen molar-refractivity contribution in [3.8, 4) is 0 Å². The van der Waals surface area contributed by atoms with Crippen molar-refractivity contribution in [2.45, 2.75) is 64.8 Å². The van der Waals surface area contributed by atoms with Crippen molar-refractivity contribution in [1.82, 2.24) is 9.78 Å². The molecule has 23 heavy (non-hydrogen) atoms. The molecule has 1 saturated carbocycles. The molecule has 1 aromatic rings. The number of carbonyl (C=O) groups excluding carboxylic acids is 2. The zero-order valence-electron chi connectivity index (χ0n) is 13.9. The van der Waals surface area contributed by atoms with Crippen molar-refractivity contribution < 1.29 is 14.3 Å². The van der Waals surface area contributed by atoms with Crippen LogP contribution < -0.4 is 5.32 Å². The van der Waals surface area contributed by atoms with Crippen LogP contribution in [0.5, 0.6) is 0 Å². The highest BCUT2D eigenvalue weighted by atomic mass is 16.5. The van der Waals surface area contributed by atoms with E-state index in [2.05, 4.69) is 10.4 Å². The number of nitrogens with zero attached hydrogens (tertiary/aromatic N) is 2. The van der Waals surface area contributed by atoms with Gasteiger partial charge < -0.3 is 10.1 Å². The number of aromatic nitrogens is 2. The van der Waals surface area contributed by atoms with Crippen molar-refractivity contribution in [3.05, 3.63) is 11.3 Å². The number of aryl methyl sites for hydroxylation is 1. The zero-order valence-corrected chi connectivity index (χ0v) is 13.9. The lowest BCUT2D eigenvalue weighted by Gasteiger charge is -2.33. The third-order valence-electron chi connectivity index (χ3n) is 5.01. The van der Waals surface area contributed by atoms with Crippen molar-refractivity contribution >= 4 is 17.7 Å². The summed E-state index contributed by atoms with van der Waals surface area (Å²) < 4.78 is 6.60. The molecule has 1 N–H and O–H groups in total. The third-order valence-corrected chi connectivity index (χ3v) is 5.01. The molecule has 1 aromatic heterocycles. The van der Waals surface area contributed by atoms with Crippen LogP contribution in [-0.4, -0.2) is 28.3 Å². The average molecular weight is 319 g/mol. The summed E-state index contributed by atoms with van der Waals surface area (Å²) in [6.45, 7) is 4.14. The van der Waals surface area contributed by atoms with Gasteiger partial charge >= 0.3 is 5.97 Å². The highest BCUT2D eigenvalue weighted by Crippen LogP contribution is 2.44. The Morgan fingerprint density at radius 3 is 2.78 bits per heavy atom. The summed E-state index contributed by atoms with van der Waals surface area (Å²) in [4.78, 5) is 24.0. The molecule has 1 fully saturated rings. The molecular formula is C17H25N3O3. The molecular weight excluding hydrogens is 294 g/mol. The SMILES string of the molecule is CCOC(=O)Cn1nc(C)c2c1NC(=O)CC2C1CCCCC1. The number of amides is 1. The molecule has 1 atom stereocenters. The van der Waals surface area contributed by atoms with E-state index in [1.165, 1.54) is 32.1 Å². The summed E-state index contributed by atoms with van der Waals surface area (Å²) in [5.74, 6) is 1.18. The Kier molecular flexibility index (Phi) is 4.68. The summed E-state index contributed by atoms with van der Waals surface area (Å²) >= 11 is 0. The van der Waals surface area contributed by atoms with Gasteiger partial charge in [-0.1, -0.05) is 19.3 Å². The molecule has 6 heteroatoms. The standard InChI is InChI=1S/C17H25N3O3/c1-3-23-15(22)10-20-17-16(11(2)19-20)13(9-14(21)18-17)12-7-5-4-6-8-12/h12-13H,3-10H2,1-2H3,(H,18,21). The first kappa shape index (κ1) is 16.0. The molecule has 2 aliphatic rings. The minimum absolute atomic E-state index is 0.0260. The number of nitrogens with one attached hydrogen (secondary N) is 1. The number of esters is 1. The first-order chi connectivity index (χ1) is 11.1. The Bertz CT molecular complexity index is 602. The molecule has 2 heterocycles. The van der Waals surface area contributed by atoms with Gasteiger partial charge in [0.25, 0.3) is 0 Å². The molecule has 1 unspecified atom stereocenters. The topological polar surface area (TPSA) is 73.2 Å². The van der Waals surface area contributed by atoms with Gasteiger partial charge in [0, 0.05) is 17.9 Å². The summed E-state index contributed by atoms with van der Waals surface area (Å²) in [5.41, 5.74) is 2.04. The van der Waals surface area contributed by atoms with Crippen LogP contribution in [0, 0.1) is 12.8 Å². The van der Waals surface area contributed by atoms with E-state index in [9.17, 15) is 9.59 Å². The maximum Gasteiger partial charge on any atom is 0.327 e. The molecule has 0 radical (unpaired) electrons. The number of carbonyl (C=O) groups is 2. The molecule has 3 rings (SSSR count). The number of anilines is 1. The van der Waals surface area contributed by atoms with Crippen molar-refractivity contribution in [2.75, 3.05) is 11.9 Å². The first-order valence-corrected chi connectivity index (χ1v) is 8.63. The maximum atomic E-state index is 12.2. The van der Waals surface area contributed by atoms with E-state index >= 15 is 0 Å². The van der Waals surface area contributed by atoms with Crippen LogP contribution in [0.4, 0.5) is 5.82 Å². The molecule has 1 aliphatic heterocycles. The second-order valence-electron chi connectivity index (χ2n) is 6.57. The number of hydrogen-bond acceptors (Lipinski definition) is 4. The fraction of sp³-hybridized carbons (Fsp3) is 0.706. The number of ether oxygens (including phenoxy) is 1. The van der Waals surface area contributed by atoms with Gasteiger partial charge in [0.15, 0.2) is 0 Å². The number of fused-ring (bicyclic) bond motifs is 1. The van der Waals surface area contributed by atoms with Crippen molar-refractivity contribution in [2.24, 2.45) is 5.92 Å². The monoisotopic (exact) mass is 319 g/mol. The normalized spacial score (nSPS) is 21.7. The van der Waals surface area contributed by atoms with E-state index in [4.69, 9.17) is 4.74 Å². The lowest BCUT2D eigenvalue weighted by molar-refractivity contribution is -0.144. The van der Waals surface area contributed by atoms with Crippen LogP contribution in [0.3, 0.4) is 0 Å². The molecule has 1 amide bonds. The highest BCUT2D eigenvalue weighted by molar-refractivity contribution is 5.94. The molecule has 6 nitrogen and oxygen atoms in total. The Labute approximate surface area is 136 Å². The minimum atomic E-state index is -0.327. The smallest absolute Gasteiger partial charge is 0.327 e. The van der Waals surface area contributed by atoms with Crippen LogP contribution >= 0.6 is 0 Å². The van der Waals surface area contributed by atoms with E-state index in [0.29, 0.717) is 24.8 Å². The van der Waals surface area contributed by atoms with Gasteiger partial charge in [-0.2, -0.15) is 5.10 Å². The van der Waals surface area contributed by atoms with Crippen LogP contribution in [0.25, 0.3) is 0 Å². The quantitative estimate of drug-likeness (QED) is 0.866. The third kappa shape index (κ3) is 3.26. The Morgan fingerprint density at radius 1 is 1.35 bits per heavy atom. The van der Waals surface area contributed by atoms with Crippen LogP contribution in [-0.2, 0) is 20.9 Å². The fourth-order valence-electron chi connectivity index (χ4n) is 4.04. The summed E-state index contributed by atoms with van der Waals surface area (Å²) in [5, 5.41) is 7.41. The number of hydrogen-bond donors (Lipinski definition) is 1. The van der Waals surface area contributed by atoms with E-state index in [1.54, 1.807) is 11.6 Å². The Morgan fingerprint density at radius 2 is 2.09 bits per heavy atom. The fourth-order valence-corrected chi connectivity index (χ4v) is 4.04. The largest absolute Gasteiger partial charge is 0.465 e. The minimum Gasteiger partial charge on any atom is -0.465 e. The van der Waals surface area contributed by atoms with Crippen LogP contribution in [0.1, 0.15) is 62.6 Å². The lowest BCUT2D eigenvalue weighted by atomic mass is 9.74. The van der Waals surface area contributed by atoms with Gasteiger partial charge in [0.05, 0.1) is 12.3 Å². The van der Waals surface area contributed by atoms with E-state index in [-0.39, 0.29) is 24.3 Å². The molecule has 0 bridgehead atoms. The van der Waals surface area contributed by atoms with Gasteiger partial charge in [-0.3, -0.25) is 9.59 Å². The predicted molar refractivity (Wildman–Crippen MR) is 86.2 cm³/mol. The second kappa shape index (κ2) is 6.72. The molecule has 0 saturated heterocycles. The predicted octanol–water partition coefficient (Wildman–Crippen LogP) is 2.76. The molecule has 126 valence electrons. The number of rotatable bonds is 4. The maximum absolute atomic E-state index is 12.2. The Balaban J connectivity index is 1.90. The highest BCUT2D eigenvalue weighted by Gasteiger charge is 2.36. The Hall–Kier alpha value is -1.85. The van der Waals surface area contributed by atoms with Crippen molar-refractivity contribution in [1.29, 1.82) is 0 Å². The molecule has 1 aliphatic carbocycles.